The number of anilines is 1. The first-order valence-corrected chi connectivity index (χ1v) is 7.40. The molecule has 0 bridgehead atoms. The Kier molecular flexibility index (Phi) is 4.98. The number of likely N-dealkylation sites (N-methyl/N-ethyl adjacent to an activating group) is 1. The highest BCUT2D eigenvalue weighted by atomic mass is 16.2. The summed E-state index contributed by atoms with van der Waals surface area (Å²) in [6, 6.07) is 6.03. The number of benzene rings is 1. The Labute approximate surface area is 131 Å². The second-order valence-corrected chi connectivity index (χ2v) is 5.92. The van der Waals surface area contributed by atoms with Crippen LogP contribution in [-0.2, 0) is 18.4 Å². The van der Waals surface area contributed by atoms with Gasteiger partial charge in [-0.05, 0) is 39.4 Å². The predicted molar refractivity (Wildman–Crippen MR) is 88.8 cm³/mol. The van der Waals surface area contributed by atoms with Crippen molar-refractivity contribution in [3.8, 4) is 0 Å². The Balaban J connectivity index is 1.92. The quantitative estimate of drug-likeness (QED) is 0.922. The van der Waals surface area contributed by atoms with Gasteiger partial charge in [-0.15, -0.1) is 0 Å². The van der Waals surface area contributed by atoms with Crippen LogP contribution in [0.15, 0.2) is 24.4 Å². The summed E-state index contributed by atoms with van der Waals surface area (Å²) in [4.78, 5) is 14.2. The summed E-state index contributed by atoms with van der Waals surface area (Å²) in [6.07, 6.45) is 1.86. The molecule has 0 spiro atoms. The highest BCUT2D eigenvalue weighted by molar-refractivity contribution is 5.92. The molecule has 0 saturated heterocycles. The van der Waals surface area contributed by atoms with Crippen molar-refractivity contribution in [1.82, 2.24) is 14.7 Å². The standard InChI is InChI=1S/C17H24N4O/c1-12-6-7-16(13(2)8-12)19-17(22)11-20(4)10-15-9-18-21(5)14(15)3/h6-9H,10-11H2,1-5H3,(H,19,22). The summed E-state index contributed by atoms with van der Waals surface area (Å²) in [5, 5.41) is 7.20. The van der Waals surface area contributed by atoms with E-state index in [1.165, 1.54) is 5.56 Å². The molecule has 1 aromatic carbocycles. The van der Waals surface area contributed by atoms with E-state index in [9.17, 15) is 4.79 Å². The number of nitrogens with zero attached hydrogens (tertiary/aromatic N) is 3. The van der Waals surface area contributed by atoms with Crippen molar-refractivity contribution >= 4 is 11.6 Å². The Morgan fingerprint density at radius 3 is 2.64 bits per heavy atom. The van der Waals surface area contributed by atoms with Gasteiger partial charge in [0.05, 0.1) is 12.7 Å². The number of aryl methyl sites for hydroxylation is 3. The molecule has 1 amide bonds. The van der Waals surface area contributed by atoms with Crippen LogP contribution in [0.25, 0.3) is 0 Å². The van der Waals surface area contributed by atoms with E-state index in [0.29, 0.717) is 13.1 Å². The molecule has 0 atom stereocenters. The topological polar surface area (TPSA) is 50.2 Å². The predicted octanol–water partition coefficient (Wildman–Crippen LogP) is 2.42. The molecule has 5 nitrogen and oxygen atoms in total. The molecule has 0 unspecified atom stereocenters. The van der Waals surface area contributed by atoms with Crippen molar-refractivity contribution in [1.29, 1.82) is 0 Å². The first-order chi connectivity index (χ1) is 10.4. The van der Waals surface area contributed by atoms with Crippen molar-refractivity contribution in [3.05, 3.63) is 46.8 Å². The molecule has 5 heteroatoms. The van der Waals surface area contributed by atoms with Crippen molar-refractivity contribution in [2.24, 2.45) is 7.05 Å². The Morgan fingerprint density at radius 1 is 1.32 bits per heavy atom. The number of hydrogen-bond acceptors (Lipinski definition) is 3. The van der Waals surface area contributed by atoms with Gasteiger partial charge in [0, 0.05) is 30.5 Å². The molecule has 1 N–H and O–H groups in total. The van der Waals surface area contributed by atoms with Gasteiger partial charge in [0.1, 0.15) is 0 Å². The van der Waals surface area contributed by atoms with Crippen LogP contribution in [0.1, 0.15) is 22.4 Å². The van der Waals surface area contributed by atoms with Gasteiger partial charge in [-0.2, -0.15) is 5.10 Å². The molecule has 1 heterocycles. The van der Waals surface area contributed by atoms with Gasteiger partial charge < -0.3 is 5.32 Å². The molecule has 0 aliphatic rings. The Bertz CT molecular complexity index is 675. The zero-order valence-electron chi connectivity index (χ0n) is 14.0. The van der Waals surface area contributed by atoms with Crippen molar-refractivity contribution in [3.63, 3.8) is 0 Å². The van der Waals surface area contributed by atoms with Crippen molar-refractivity contribution < 1.29 is 4.79 Å². The minimum atomic E-state index is -0.00371. The summed E-state index contributed by atoms with van der Waals surface area (Å²) < 4.78 is 1.85. The highest BCUT2D eigenvalue weighted by Crippen LogP contribution is 2.16. The fourth-order valence-electron chi connectivity index (χ4n) is 2.43. The van der Waals surface area contributed by atoms with E-state index in [1.54, 1.807) is 0 Å². The van der Waals surface area contributed by atoms with Crippen LogP contribution in [-0.4, -0.2) is 34.2 Å². The van der Waals surface area contributed by atoms with E-state index in [2.05, 4.69) is 16.5 Å². The van der Waals surface area contributed by atoms with Gasteiger partial charge in [0.2, 0.25) is 5.91 Å². The summed E-state index contributed by atoms with van der Waals surface area (Å²) >= 11 is 0. The molecular weight excluding hydrogens is 276 g/mol. The normalized spacial score (nSPS) is 11.0. The fourth-order valence-corrected chi connectivity index (χ4v) is 2.43. The first-order valence-electron chi connectivity index (χ1n) is 7.40. The van der Waals surface area contributed by atoms with Crippen LogP contribution >= 0.6 is 0 Å². The summed E-state index contributed by atoms with van der Waals surface area (Å²) in [5.74, 6) is -0.00371. The largest absolute Gasteiger partial charge is 0.325 e. The Hall–Kier alpha value is -2.14. The van der Waals surface area contributed by atoms with Crippen LogP contribution in [0.4, 0.5) is 5.69 Å². The van der Waals surface area contributed by atoms with E-state index >= 15 is 0 Å². The van der Waals surface area contributed by atoms with Gasteiger partial charge in [-0.3, -0.25) is 14.4 Å². The molecule has 0 aliphatic heterocycles. The molecular formula is C17H24N4O. The summed E-state index contributed by atoms with van der Waals surface area (Å²) in [6.45, 7) is 7.14. The number of amides is 1. The van der Waals surface area contributed by atoms with Gasteiger partial charge in [0.15, 0.2) is 0 Å². The van der Waals surface area contributed by atoms with E-state index in [4.69, 9.17) is 0 Å². The average Bonchev–Trinajstić information content (AvgIpc) is 2.74. The van der Waals surface area contributed by atoms with Crippen LogP contribution in [0.5, 0.6) is 0 Å². The van der Waals surface area contributed by atoms with Gasteiger partial charge in [0.25, 0.3) is 0 Å². The number of carbonyl (C=O) groups excluding carboxylic acids is 1. The zero-order chi connectivity index (χ0) is 16.3. The molecule has 2 rings (SSSR count). The lowest BCUT2D eigenvalue weighted by Crippen LogP contribution is -2.30. The van der Waals surface area contributed by atoms with Gasteiger partial charge in [-0.25, -0.2) is 0 Å². The number of nitrogens with one attached hydrogen (secondary N) is 1. The third-order valence-electron chi connectivity index (χ3n) is 3.85. The maximum Gasteiger partial charge on any atom is 0.238 e. The first kappa shape index (κ1) is 16.2. The monoisotopic (exact) mass is 300 g/mol. The Morgan fingerprint density at radius 2 is 2.05 bits per heavy atom. The number of aromatic nitrogens is 2. The maximum absolute atomic E-state index is 12.2. The van der Waals surface area contributed by atoms with Gasteiger partial charge in [-0.1, -0.05) is 17.7 Å². The van der Waals surface area contributed by atoms with Crippen LogP contribution in [0.3, 0.4) is 0 Å². The van der Waals surface area contributed by atoms with E-state index < -0.39 is 0 Å². The third kappa shape index (κ3) is 3.95. The number of rotatable bonds is 5. The average molecular weight is 300 g/mol. The molecule has 0 fully saturated rings. The lowest BCUT2D eigenvalue weighted by atomic mass is 10.1. The summed E-state index contributed by atoms with van der Waals surface area (Å²) in [7, 11) is 3.86. The molecule has 118 valence electrons. The SMILES string of the molecule is Cc1ccc(NC(=O)CN(C)Cc2cnn(C)c2C)c(C)c1. The number of hydrogen-bond donors (Lipinski definition) is 1. The minimum absolute atomic E-state index is 0.00371. The van der Waals surface area contributed by atoms with Crippen LogP contribution in [0.2, 0.25) is 0 Å². The van der Waals surface area contributed by atoms with Crippen LogP contribution < -0.4 is 5.32 Å². The second-order valence-electron chi connectivity index (χ2n) is 5.92. The van der Waals surface area contributed by atoms with E-state index in [1.807, 2.05) is 62.8 Å². The van der Waals surface area contributed by atoms with E-state index in [0.717, 1.165) is 22.5 Å². The number of carbonyl (C=O) groups is 1. The molecule has 2 aromatic rings. The highest BCUT2D eigenvalue weighted by Gasteiger charge is 2.11. The zero-order valence-corrected chi connectivity index (χ0v) is 14.0. The lowest BCUT2D eigenvalue weighted by Gasteiger charge is -2.17. The smallest absolute Gasteiger partial charge is 0.238 e. The summed E-state index contributed by atoms with van der Waals surface area (Å²) in [5.41, 5.74) is 5.42. The van der Waals surface area contributed by atoms with Crippen molar-refractivity contribution in [2.45, 2.75) is 27.3 Å². The minimum Gasteiger partial charge on any atom is -0.325 e. The molecule has 0 aliphatic carbocycles. The lowest BCUT2D eigenvalue weighted by molar-refractivity contribution is -0.117. The fraction of sp³-hybridized carbons (Fsp3) is 0.412. The molecule has 0 radical (unpaired) electrons. The maximum atomic E-state index is 12.2. The molecule has 0 saturated carbocycles. The van der Waals surface area contributed by atoms with Crippen LogP contribution in [0, 0.1) is 20.8 Å². The van der Waals surface area contributed by atoms with Gasteiger partial charge >= 0.3 is 0 Å². The molecule has 1 aromatic heterocycles. The van der Waals surface area contributed by atoms with E-state index in [-0.39, 0.29) is 5.91 Å². The molecule has 22 heavy (non-hydrogen) atoms. The second kappa shape index (κ2) is 6.75. The third-order valence-corrected chi connectivity index (χ3v) is 3.85. The van der Waals surface area contributed by atoms with Crippen molar-refractivity contribution in [2.75, 3.05) is 18.9 Å².